The van der Waals surface area contributed by atoms with E-state index < -0.39 is 0 Å². The van der Waals surface area contributed by atoms with Crippen LogP contribution in [0, 0.1) is 0 Å². The number of likely N-dealkylation sites (N-methyl/N-ethyl adjacent to an activating group) is 1. The zero-order valence-corrected chi connectivity index (χ0v) is 17.3. The van der Waals surface area contributed by atoms with Gasteiger partial charge in [-0.15, -0.1) is 24.0 Å². The van der Waals surface area contributed by atoms with Crippen LogP contribution in [0.15, 0.2) is 29.3 Å². The van der Waals surface area contributed by atoms with Gasteiger partial charge in [-0.05, 0) is 25.8 Å². The van der Waals surface area contributed by atoms with E-state index >= 15 is 0 Å². The minimum atomic E-state index is -0.00547. The lowest BCUT2D eigenvalue weighted by molar-refractivity contribution is -0.127. The van der Waals surface area contributed by atoms with Gasteiger partial charge < -0.3 is 20.3 Å². The monoisotopic (exact) mass is 458 g/mol. The Hall–Kier alpha value is -1.51. The van der Waals surface area contributed by atoms with Crippen molar-refractivity contribution in [2.24, 2.45) is 4.99 Å². The van der Waals surface area contributed by atoms with Gasteiger partial charge in [-0.25, -0.2) is 4.99 Å². The number of carbonyl (C=O) groups is 1. The van der Waals surface area contributed by atoms with Crippen molar-refractivity contribution in [3.8, 4) is 5.75 Å². The highest BCUT2D eigenvalue weighted by atomic mass is 127. The van der Waals surface area contributed by atoms with Crippen LogP contribution >= 0.6 is 24.0 Å². The molecule has 1 saturated carbocycles. The summed E-state index contributed by atoms with van der Waals surface area (Å²) < 4.78 is 5.78. The number of hydrogen-bond donors (Lipinski definition) is 2. The van der Waals surface area contributed by atoms with Gasteiger partial charge in [-0.3, -0.25) is 4.79 Å². The second-order valence-corrected chi connectivity index (χ2v) is 6.76. The number of para-hydroxylation sites is 1. The van der Waals surface area contributed by atoms with Crippen LogP contribution in [0.4, 0.5) is 0 Å². The number of carbonyl (C=O) groups excluding carboxylic acids is 1. The number of fused-ring (bicyclic) bond motifs is 1. The number of benzene rings is 1. The zero-order chi connectivity index (χ0) is 17.1. The van der Waals surface area contributed by atoms with E-state index in [1.807, 2.05) is 18.2 Å². The smallest absolute Gasteiger partial charge is 0.243 e. The summed E-state index contributed by atoms with van der Waals surface area (Å²) in [7, 11) is 3.49. The normalized spacial score (nSPS) is 20.0. The molecule has 6 nitrogen and oxygen atoms in total. The summed E-state index contributed by atoms with van der Waals surface area (Å²) in [4.78, 5) is 17.8. The van der Waals surface area contributed by atoms with E-state index in [9.17, 15) is 4.79 Å². The number of guanidine groups is 1. The molecule has 0 saturated heterocycles. The molecule has 0 bridgehead atoms. The first kappa shape index (κ1) is 19.8. The van der Waals surface area contributed by atoms with Crippen molar-refractivity contribution in [1.82, 2.24) is 15.5 Å². The number of nitrogens with one attached hydrogen (secondary N) is 2. The molecule has 25 heavy (non-hydrogen) atoms. The maximum atomic E-state index is 11.8. The van der Waals surface area contributed by atoms with Gasteiger partial charge >= 0.3 is 0 Å². The van der Waals surface area contributed by atoms with Crippen LogP contribution in [0.2, 0.25) is 0 Å². The lowest BCUT2D eigenvalue weighted by Crippen LogP contribution is -2.46. The molecule has 2 unspecified atom stereocenters. The molecule has 2 aliphatic rings. The Bertz CT molecular complexity index is 631. The van der Waals surface area contributed by atoms with Crippen LogP contribution in [0.5, 0.6) is 5.75 Å². The van der Waals surface area contributed by atoms with Crippen LogP contribution in [0.3, 0.4) is 0 Å². The lowest BCUT2D eigenvalue weighted by Gasteiger charge is -2.23. The van der Waals surface area contributed by atoms with Gasteiger partial charge in [0, 0.05) is 37.7 Å². The first-order valence-corrected chi connectivity index (χ1v) is 8.54. The highest BCUT2D eigenvalue weighted by Crippen LogP contribution is 2.35. The third-order valence-corrected chi connectivity index (χ3v) is 4.49. The van der Waals surface area contributed by atoms with E-state index in [0.717, 1.165) is 18.6 Å². The van der Waals surface area contributed by atoms with Gasteiger partial charge in [0.1, 0.15) is 12.3 Å². The van der Waals surface area contributed by atoms with Crippen LogP contribution < -0.4 is 15.4 Å². The van der Waals surface area contributed by atoms with E-state index in [-0.39, 0.29) is 48.4 Å². The van der Waals surface area contributed by atoms with E-state index in [2.05, 4.69) is 28.6 Å². The lowest BCUT2D eigenvalue weighted by atomic mass is 9.94. The molecular weight excluding hydrogens is 431 g/mol. The molecule has 138 valence electrons. The molecule has 0 radical (unpaired) electrons. The van der Waals surface area contributed by atoms with Gasteiger partial charge in [0.15, 0.2) is 5.96 Å². The minimum Gasteiger partial charge on any atom is -0.493 e. The molecule has 0 aromatic heterocycles. The molecule has 0 spiro atoms. The predicted octanol–water partition coefficient (Wildman–Crippen LogP) is 1.95. The summed E-state index contributed by atoms with van der Waals surface area (Å²) in [5.41, 5.74) is 1.23. The topological polar surface area (TPSA) is 66.0 Å². The SMILES string of the molecule is CC(NC(=NCC(=O)N(C)C)NC1CC1)C1COc2ccccc21.I. The fourth-order valence-electron chi connectivity index (χ4n) is 2.76. The number of ether oxygens (including phenoxy) is 1. The number of halogens is 1. The summed E-state index contributed by atoms with van der Waals surface area (Å²) in [6.45, 7) is 2.95. The van der Waals surface area contributed by atoms with Crippen LogP contribution in [-0.4, -0.2) is 56.1 Å². The Labute approximate surface area is 166 Å². The summed E-state index contributed by atoms with van der Waals surface area (Å²) in [5, 5.41) is 6.84. The maximum Gasteiger partial charge on any atom is 0.243 e. The molecule has 1 aliphatic heterocycles. The quantitative estimate of drug-likeness (QED) is 0.402. The van der Waals surface area contributed by atoms with E-state index in [0.29, 0.717) is 18.6 Å². The second kappa shape index (κ2) is 8.73. The molecule has 2 atom stereocenters. The van der Waals surface area contributed by atoms with Gasteiger partial charge in [0.2, 0.25) is 5.91 Å². The summed E-state index contributed by atoms with van der Waals surface area (Å²) >= 11 is 0. The summed E-state index contributed by atoms with van der Waals surface area (Å²) in [5.74, 6) is 1.95. The van der Waals surface area contributed by atoms with Crippen molar-refractivity contribution in [2.75, 3.05) is 27.2 Å². The van der Waals surface area contributed by atoms with Crippen molar-refractivity contribution in [1.29, 1.82) is 0 Å². The van der Waals surface area contributed by atoms with Crippen molar-refractivity contribution in [2.45, 2.75) is 37.8 Å². The van der Waals surface area contributed by atoms with Crippen LogP contribution in [0.1, 0.15) is 31.2 Å². The molecule has 1 aromatic rings. The first-order chi connectivity index (χ1) is 11.5. The highest BCUT2D eigenvalue weighted by Gasteiger charge is 2.30. The molecule has 1 aliphatic carbocycles. The molecule has 1 heterocycles. The van der Waals surface area contributed by atoms with E-state index in [1.54, 1.807) is 19.0 Å². The molecular formula is C18H27IN4O2. The van der Waals surface area contributed by atoms with Crippen molar-refractivity contribution in [3.05, 3.63) is 29.8 Å². The fourth-order valence-corrected chi connectivity index (χ4v) is 2.76. The Morgan fingerprint density at radius 2 is 2.08 bits per heavy atom. The minimum absolute atomic E-state index is 0. The third-order valence-electron chi connectivity index (χ3n) is 4.49. The highest BCUT2D eigenvalue weighted by molar-refractivity contribution is 14.0. The van der Waals surface area contributed by atoms with Crippen molar-refractivity contribution in [3.63, 3.8) is 0 Å². The van der Waals surface area contributed by atoms with Gasteiger partial charge in [-0.2, -0.15) is 0 Å². The summed E-state index contributed by atoms with van der Waals surface area (Å²) in [6.07, 6.45) is 2.32. The predicted molar refractivity (Wildman–Crippen MR) is 110 cm³/mol. The molecule has 1 aromatic carbocycles. The molecule has 3 rings (SSSR count). The molecule has 1 fully saturated rings. The third kappa shape index (κ3) is 5.23. The average Bonchev–Trinajstić information content (AvgIpc) is 3.27. The molecule has 2 N–H and O–H groups in total. The number of rotatable bonds is 5. The Kier molecular flexibility index (Phi) is 6.92. The number of nitrogens with zero attached hydrogens (tertiary/aromatic N) is 2. The standard InChI is InChI=1S/C18H26N4O2.HI/c1-12(15-11-24-16-7-5-4-6-14(15)16)20-18(21-13-8-9-13)19-10-17(23)22(2)3;/h4-7,12-13,15H,8-11H2,1-3H3,(H2,19,20,21);1H. The number of amides is 1. The van der Waals surface area contributed by atoms with Crippen molar-refractivity contribution >= 4 is 35.8 Å². The van der Waals surface area contributed by atoms with Gasteiger partial charge in [0.05, 0.1) is 6.61 Å². The van der Waals surface area contributed by atoms with Crippen LogP contribution in [0.25, 0.3) is 0 Å². The van der Waals surface area contributed by atoms with Gasteiger partial charge in [0.25, 0.3) is 0 Å². The Balaban J connectivity index is 0.00000225. The molecule has 7 heteroatoms. The van der Waals surface area contributed by atoms with E-state index in [1.165, 1.54) is 5.56 Å². The average molecular weight is 458 g/mol. The van der Waals surface area contributed by atoms with Crippen molar-refractivity contribution < 1.29 is 9.53 Å². The zero-order valence-electron chi connectivity index (χ0n) is 15.0. The first-order valence-electron chi connectivity index (χ1n) is 8.54. The van der Waals surface area contributed by atoms with E-state index in [4.69, 9.17) is 4.74 Å². The molecule has 1 amide bonds. The largest absolute Gasteiger partial charge is 0.493 e. The number of hydrogen-bond acceptors (Lipinski definition) is 3. The Morgan fingerprint density at radius 3 is 2.76 bits per heavy atom. The fraction of sp³-hybridized carbons (Fsp3) is 0.556. The second-order valence-electron chi connectivity index (χ2n) is 6.76. The van der Waals surface area contributed by atoms with Gasteiger partial charge in [-0.1, -0.05) is 18.2 Å². The summed E-state index contributed by atoms with van der Waals surface area (Å²) in [6, 6.07) is 8.80. The maximum absolute atomic E-state index is 11.8. The van der Waals surface area contributed by atoms with Crippen LogP contribution in [-0.2, 0) is 4.79 Å². The number of aliphatic imine (C=N–C) groups is 1. The Morgan fingerprint density at radius 1 is 1.36 bits per heavy atom.